The van der Waals surface area contributed by atoms with Crippen LogP contribution in [-0.2, 0) is 0 Å². The van der Waals surface area contributed by atoms with E-state index in [1.807, 2.05) is 32.0 Å². The molecule has 1 N–H and O–H groups in total. The highest BCUT2D eigenvalue weighted by Crippen LogP contribution is 2.33. The molecule has 0 heterocycles. The molecule has 1 aromatic rings. The first-order valence-electron chi connectivity index (χ1n) is 6.70. The van der Waals surface area contributed by atoms with Gasteiger partial charge in [0, 0.05) is 10.9 Å². The van der Waals surface area contributed by atoms with E-state index in [9.17, 15) is 4.79 Å². The number of carbonyl (C=O) groups is 1. The molecule has 1 saturated carbocycles. The largest absolute Gasteiger partial charge is 0.491 e. The molecule has 0 bridgehead atoms. The summed E-state index contributed by atoms with van der Waals surface area (Å²) in [6.45, 7) is 3.95. The van der Waals surface area contributed by atoms with Gasteiger partial charge in [-0.15, -0.1) is 0 Å². The summed E-state index contributed by atoms with van der Waals surface area (Å²) < 4.78 is 5.61. The predicted molar refractivity (Wildman–Crippen MR) is 80.0 cm³/mol. The molecule has 0 aliphatic heterocycles. The Kier molecular flexibility index (Phi) is 4.50. The van der Waals surface area contributed by atoms with E-state index in [1.165, 1.54) is 6.42 Å². The van der Waals surface area contributed by atoms with Crippen molar-refractivity contribution < 1.29 is 9.53 Å². The van der Waals surface area contributed by atoms with E-state index in [-0.39, 0.29) is 17.6 Å². The first-order valence-corrected chi connectivity index (χ1v) is 7.82. The van der Waals surface area contributed by atoms with Crippen molar-refractivity contribution in [3.8, 4) is 5.75 Å². The van der Waals surface area contributed by atoms with Gasteiger partial charge in [-0.1, -0.05) is 22.0 Å². The topological polar surface area (TPSA) is 38.3 Å². The van der Waals surface area contributed by atoms with Gasteiger partial charge in [0.25, 0.3) is 5.91 Å². The minimum atomic E-state index is -0.0496. The Hall–Kier alpha value is -1.03. The number of hydrogen-bond donors (Lipinski definition) is 1. The maximum Gasteiger partial charge on any atom is 0.251 e. The Morgan fingerprint density at radius 1 is 1.47 bits per heavy atom. The van der Waals surface area contributed by atoms with E-state index in [0.29, 0.717) is 5.56 Å². The molecule has 2 rings (SSSR count). The van der Waals surface area contributed by atoms with Crippen LogP contribution >= 0.6 is 15.9 Å². The number of benzene rings is 1. The van der Waals surface area contributed by atoms with E-state index in [2.05, 4.69) is 21.2 Å². The van der Waals surface area contributed by atoms with Crippen LogP contribution in [0.25, 0.3) is 0 Å². The SMILES string of the molecule is CC(C)Oc1cccc(C(=O)NC2(CBr)CCC2)c1. The number of nitrogens with one attached hydrogen (secondary N) is 1. The number of amides is 1. The van der Waals surface area contributed by atoms with Crippen molar-refractivity contribution >= 4 is 21.8 Å². The van der Waals surface area contributed by atoms with Crippen molar-refractivity contribution in [2.75, 3.05) is 5.33 Å². The lowest BCUT2D eigenvalue weighted by molar-refractivity contribution is 0.0855. The van der Waals surface area contributed by atoms with Gasteiger partial charge in [0.05, 0.1) is 11.6 Å². The molecule has 0 saturated heterocycles. The first-order chi connectivity index (χ1) is 9.04. The minimum Gasteiger partial charge on any atom is -0.491 e. The van der Waals surface area contributed by atoms with Crippen molar-refractivity contribution in [1.29, 1.82) is 0 Å². The van der Waals surface area contributed by atoms with Crippen LogP contribution < -0.4 is 10.1 Å². The van der Waals surface area contributed by atoms with Crippen molar-refractivity contribution in [2.45, 2.75) is 44.8 Å². The Morgan fingerprint density at radius 3 is 2.74 bits per heavy atom. The molecular weight excluding hydrogens is 306 g/mol. The Balaban J connectivity index is 2.06. The zero-order valence-electron chi connectivity index (χ0n) is 11.4. The lowest BCUT2D eigenvalue weighted by Gasteiger charge is -2.41. The lowest BCUT2D eigenvalue weighted by Crippen LogP contribution is -2.54. The van der Waals surface area contributed by atoms with Gasteiger partial charge in [0.1, 0.15) is 5.75 Å². The van der Waals surface area contributed by atoms with Gasteiger partial charge >= 0.3 is 0 Å². The van der Waals surface area contributed by atoms with Crippen LogP contribution in [0.15, 0.2) is 24.3 Å². The number of hydrogen-bond acceptors (Lipinski definition) is 2. The van der Waals surface area contributed by atoms with Crippen LogP contribution in [0.1, 0.15) is 43.5 Å². The van der Waals surface area contributed by atoms with E-state index < -0.39 is 0 Å². The normalized spacial score (nSPS) is 16.8. The molecule has 0 spiro atoms. The van der Waals surface area contributed by atoms with Gasteiger partial charge in [-0.25, -0.2) is 0 Å². The van der Waals surface area contributed by atoms with Gasteiger partial charge in [-0.05, 0) is 51.3 Å². The molecule has 1 fully saturated rings. The van der Waals surface area contributed by atoms with Crippen LogP contribution in [0.5, 0.6) is 5.75 Å². The maximum absolute atomic E-state index is 12.3. The number of halogens is 1. The highest BCUT2D eigenvalue weighted by atomic mass is 79.9. The van der Waals surface area contributed by atoms with Gasteiger partial charge in [-0.3, -0.25) is 4.79 Å². The van der Waals surface area contributed by atoms with Crippen LogP contribution in [0.3, 0.4) is 0 Å². The highest BCUT2D eigenvalue weighted by molar-refractivity contribution is 9.09. The van der Waals surface area contributed by atoms with Crippen LogP contribution in [0, 0.1) is 0 Å². The fourth-order valence-corrected chi connectivity index (χ4v) is 2.89. The summed E-state index contributed by atoms with van der Waals surface area (Å²) in [5, 5.41) is 3.95. The summed E-state index contributed by atoms with van der Waals surface area (Å²) >= 11 is 3.49. The second-order valence-corrected chi connectivity index (χ2v) is 5.98. The first kappa shape index (κ1) is 14.4. The second-order valence-electron chi connectivity index (χ2n) is 5.42. The van der Waals surface area contributed by atoms with Crippen LogP contribution in [0.2, 0.25) is 0 Å². The molecular formula is C15H20BrNO2. The molecule has 0 atom stereocenters. The fourth-order valence-electron chi connectivity index (χ4n) is 2.19. The standard InChI is InChI=1S/C15H20BrNO2/c1-11(2)19-13-6-3-5-12(9-13)14(18)17-15(10-16)7-4-8-15/h3,5-6,9,11H,4,7-8,10H2,1-2H3,(H,17,18). The molecule has 1 aromatic carbocycles. The van der Waals surface area contributed by atoms with Crippen molar-refractivity contribution in [2.24, 2.45) is 0 Å². The van der Waals surface area contributed by atoms with E-state index in [1.54, 1.807) is 6.07 Å². The van der Waals surface area contributed by atoms with Crippen LogP contribution in [0.4, 0.5) is 0 Å². The van der Waals surface area contributed by atoms with Crippen LogP contribution in [-0.4, -0.2) is 22.9 Å². The minimum absolute atomic E-state index is 0.0200. The van der Waals surface area contributed by atoms with Gasteiger partial charge in [0.15, 0.2) is 0 Å². The zero-order chi connectivity index (χ0) is 13.9. The number of carbonyl (C=O) groups excluding carboxylic acids is 1. The van der Waals surface area contributed by atoms with E-state index in [4.69, 9.17) is 4.74 Å². The highest BCUT2D eigenvalue weighted by Gasteiger charge is 2.37. The Morgan fingerprint density at radius 2 is 2.21 bits per heavy atom. The Bertz CT molecular complexity index is 450. The third kappa shape index (κ3) is 3.50. The summed E-state index contributed by atoms with van der Waals surface area (Å²) in [7, 11) is 0. The third-order valence-corrected chi connectivity index (χ3v) is 4.49. The summed E-state index contributed by atoms with van der Waals surface area (Å²) in [5.41, 5.74) is 0.608. The Labute approximate surface area is 122 Å². The maximum atomic E-state index is 12.3. The number of rotatable bonds is 5. The van der Waals surface area contributed by atoms with E-state index in [0.717, 1.165) is 23.9 Å². The van der Waals surface area contributed by atoms with Crippen molar-refractivity contribution in [1.82, 2.24) is 5.32 Å². The number of alkyl halides is 1. The van der Waals surface area contributed by atoms with Crippen molar-refractivity contribution in [3.63, 3.8) is 0 Å². The van der Waals surface area contributed by atoms with Gasteiger partial charge in [-0.2, -0.15) is 0 Å². The monoisotopic (exact) mass is 325 g/mol. The smallest absolute Gasteiger partial charge is 0.251 e. The molecule has 0 radical (unpaired) electrons. The molecule has 0 aromatic heterocycles. The summed E-state index contributed by atoms with van der Waals surface area (Å²) in [5.74, 6) is 0.720. The summed E-state index contributed by atoms with van der Waals surface area (Å²) in [6, 6.07) is 7.35. The zero-order valence-corrected chi connectivity index (χ0v) is 13.0. The molecule has 3 nitrogen and oxygen atoms in total. The number of ether oxygens (including phenoxy) is 1. The molecule has 0 unspecified atom stereocenters. The van der Waals surface area contributed by atoms with E-state index >= 15 is 0 Å². The summed E-state index contributed by atoms with van der Waals surface area (Å²) in [4.78, 5) is 12.3. The van der Waals surface area contributed by atoms with Gasteiger partial charge in [0.2, 0.25) is 0 Å². The molecule has 104 valence electrons. The predicted octanol–water partition coefficient (Wildman–Crippen LogP) is 3.52. The molecule has 1 aliphatic carbocycles. The third-order valence-electron chi connectivity index (χ3n) is 3.41. The average Bonchev–Trinajstić information content (AvgIpc) is 2.33. The second kappa shape index (κ2) is 5.95. The van der Waals surface area contributed by atoms with Gasteiger partial charge < -0.3 is 10.1 Å². The molecule has 19 heavy (non-hydrogen) atoms. The summed E-state index contributed by atoms with van der Waals surface area (Å²) in [6.07, 6.45) is 3.39. The molecule has 1 aliphatic rings. The molecule has 4 heteroatoms. The lowest BCUT2D eigenvalue weighted by atomic mass is 9.78. The average molecular weight is 326 g/mol. The fraction of sp³-hybridized carbons (Fsp3) is 0.533. The molecule has 1 amide bonds. The quantitative estimate of drug-likeness (QED) is 0.841. The van der Waals surface area contributed by atoms with Crippen molar-refractivity contribution in [3.05, 3.63) is 29.8 Å².